The zero-order valence-corrected chi connectivity index (χ0v) is 9.89. The van der Waals surface area contributed by atoms with Crippen molar-refractivity contribution in [3.63, 3.8) is 0 Å². The van der Waals surface area contributed by atoms with Crippen LogP contribution in [0, 0.1) is 0 Å². The van der Waals surface area contributed by atoms with Gasteiger partial charge in [0.15, 0.2) is 0 Å². The van der Waals surface area contributed by atoms with E-state index in [4.69, 9.17) is 5.73 Å². The number of aromatic nitrogens is 1. The molecule has 1 aliphatic heterocycles. The SMILES string of the molecule is Nc1ccc2[nH]cc(C(=O)N3CCC(O)C3)c2c1. The molecule has 2 aromatic rings. The summed E-state index contributed by atoms with van der Waals surface area (Å²) in [6.07, 6.45) is 1.96. The molecule has 5 nitrogen and oxygen atoms in total. The van der Waals surface area contributed by atoms with Gasteiger partial charge in [-0.15, -0.1) is 0 Å². The van der Waals surface area contributed by atoms with Gasteiger partial charge in [-0.1, -0.05) is 0 Å². The van der Waals surface area contributed by atoms with Crippen molar-refractivity contribution in [2.45, 2.75) is 12.5 Å². The first-order valence-corrected chi connectivity index (χ1v) is 5.99. The standard InChI is InChI=1S/C13H15N3O2/c14-8-1-2-12-10(5-8)11(6-15-12)13(18)16-4-3-9(17)7-16/h1-2,5-6,9,15,17H,3-4,7,14H2. The third-order valence-electron chi connectivity index (χ3n) is 3.39. The number of likely N-dealkylation sites (tertiary alicyclic amines) is 1. The monoisotopic (exact) mass is 245 g/mol. The van der Waals surface area contributed by atoms with Crippen LogP contribution in [-0.4, -0.2) is 40.1 Å². The van der Waals surface area contributed by atoms with Crippen LogP contribution < -0.4 is 5.73 Å². The molecule has 1 aliphatic rings. The fourth-order valence-electron chi connectivity index (χ4n) is 2.41. The Labute approximate surface area is 104 Å². The molecule has 4 N–H and O–H groups in total. The first kappa shape index (κ1) is 11.1. The molecule has 94 valence electrons. The maximum atomic E-state index is 12.3. The van der Waals surface area contributed by atoms with E-state index in [9.17, 15) is 9.90 Å². The van der Waals surface area contributed by atoms with E-state index in [0.717, 1.165) is 10.9 Å². The zero-order valence-electron chi connectivity index (χ0n) is 9.89. The molecular formula is C13H15N3O2. The molecule has 1 unspecified atom stereocenters. The number of hydrogen-bond acceptors (Lipinski definition) is 3. The number of carbonyl (C=O) groups excluding carboxylic acids is 1. The smallest absolute Gasteiger partial charge is 0.256 e. The highest BCUT2D eigenvalue weighted by Gasteiger charge is 2.26. The summed E-state index contributed by atoms with van der Waals surface area (Å²) in [5.74, 6) is -0.0524. The molecule has 2 heterocycles. The van der Waals surface area contributed by atoms with E-state index in [1.54, 1.807) is 23.2 Å². The van der Waals surface area contributed by atoms with E-state index in [0.29, 0.717) is 30.8 Å². The van der Waals surface area contributed by atoms with Crippen molar-refractivity contribution in [1.29, 1.82) is 0 Å². The molecule has 1 fully saturated rings. The highest BCUT2D eigenvalue weighted by Crippen LogP contribution is 2.23. The van der Waals surface area contributed by atoms with E-state index in [1.165, 1.54) is 0 Å². The normalized spacial score (nSPS) is 19.6. The molecule has 1 amide bonds. The highest BCUT2D eigenvalue weighted by molar-refractivity contribution is 6.07. The molecule has 1 atom stereocenters. The van der Waals surface area contributed by atoms with Crippen molar-refractivity contribution in [3.8, 4) is 0 Å². The van der Waals surface area contributed by atoms with Crippen molar-refractivity contribution in [1.82, 2.24) is 9.88 Å². The molecule has 1 aromatic heterocycles. The van der Waals surface area contributed by atoms with Crippen LogP contribution in [0.4, 0.5) is 5.69 Å². The number of rotatable bonds is 1. The molecule has 0 spiro atoms. The van der Waals surface area contributed by atoms with E-state index in [1.807, 2.05) is 6.07 Å². The third kappa shape index (κ3) is 1.73. The van der Waals surface area contributed by atoms with Crippen LogP contribution in [0.25, 0.3) is 10.9 Å². The van der Waals surface area contributed by atoms with Crippen molar-refractivity contribution in [2.24, 2.45) is 0 Å². The van der Waals surface area contributed by atoms with E-state index >= 15 is 0 Å². The summed E-state index contributed by atoms with van der Waals surface area (Å²) in [5.41, 5.74) is 7.90. The number of aliphatic hydroxyl groups excluding tert-OH is 1. The summed E-state index contributed by atoms with van der Waals surface area (Å²) >= 11 is 0. The lowest BCUT2D eigenvalue weighted by atomic mass is 10.1. The first-order chi connectivity index (χ1) is 8.65. The van der Waals surface area contributed by atoms with Crippen molar-refractivity contribution in [3.05, 3.63) is 30.0 Å². The lowest BCUT2D eigenvalue weighted by Gasteiger charge is -2.14. The van der Waals surface area contributed by atoms with Gasteiger partial charge in [0.1, 0.15) is 0 Å². The summed E-state index contributed by atoms with van der Waals surface area (Å²) in [7, 11) is 0. The lowest BCUT2D eigenvalue weighted by Crippen LogP contribution is -2.29. The number of β-amino-alcohol motifs (C(OH)–C–C–N with tert-alkyl or cyclic N) is 1. The third-order valence-corrected chi connectivity index (χ3v) is 3.39. The van der Waals surface area contributed by atoms with Gasteiger partial charge in [-0.2, -0.15) is 0 Å². The van der Waals surface area contributed by atoms with Crippen LogP contribution in [0.3, 0.4) is 0 Å². The van der Waals surface area contributed by atoms with Gasteiger partial charge in [0.05, 0.1) is 11.7 Å². The Morgan fingerprint density at radius 1 is 1.50 bits per heavy atom. The van der Waals surface area contributed by atoms with Crippen LogP contribution in [0.2, 0.25) is 0 Å². The summed E-state index contributed by atoms with van der Waals surface area (Å²) < 4.78 is 0. The fourth-order valence-corrected chi connectivity index (χ4v) is 2.41. The topological polar surface area (TPSA) is 82.4 Å². The van der Waals surface area contributed by atoms with Gasteiger partial charge in [-0.25, -0.2) is 0 Å². The number of fused-ring (bicyclic) bond motifs is 1. The average Bonchev–Trinajstić information content (AvgIpc) is 2.94. The van der Waals surface area contributed by atoms with Crippen molar-refractivity contribution < 1.29 is 9.90 Å². The molecular weight excluding hydrogens is 230 g/mol. The predicted octanol–water partition coefficient (Wildman–Crippen LogP) is 0.957. The number of nitrogens with one attached hydrogen (secondary N) is 1. The maximum Gasteiger partial charge on any atom is 0.256 e. The number of nitrogens with zero attached hydrogens (tertiary/aromatic N) is 1. The van der Waals surface area contributed by atoms with Gasteiger partial charge in [0.25, 0.3) is 5.91 Å². The van der Waals surface area contributed by atoms with Crippen LogP contribution in [0.5, 0.6) is 0 Å². The number of nitrogen functional groups attached to an aromatic ring is 1. The van der Waals surface area contributed by atoms with Gasteiger partial charge >= 0.3 is 0 Å². The lowest BCUT2D eigenvalue weighted by molar-refractivity contribution is 0.0767. The van der Waals surface area contributed by atoms with E-state index in [2.05, 4.69) is 4.98 Å². The second-order valence-corrected chi connectivity index (χ2v) is 4.70. The molecule has 0 bridgehead atoms. The number of amides is 1. The van der Waals surface area contributed by atoms with Crippen LogP contribution >= 0.6 is 0 Å². The summed E-state index contributed by atoms with van der Waals surface area (Å²) in [6.45, 7) is 1.02. The fraction of sp³-hybridized carbons (Fsp3) is 0.308. The van der Waals surface area contributed by atoms with Gasteiger partial charge in [-0.3, -0.25) is 4.79 Å². The molecule has 5 heteroatoms. The van der Waals surface area contributed by atoms with Crippen LogP contribution in [0.15, 0.2) is 24.4 Å². The Morgan fingerprint density at radius 3 is 3.06 bits per heavy atom. The number of aromatic amines is 1. The van der Waals surface area contributed by atoms with Gasteiger partial charge in [0.2, 0.25) is 0 Å². The number of carbonyl (C=O) groups is 1. The van der Waals surface area contributed by atoms with Crippen LogP contribution in [0.1, 0.15) is 16.8 Å². The van der Waals surface area contributed by atoms with Gasteiger partial charge in [0, 0.05) is 35.9 Å². The van der Waals surface area contributed by atoms with E-state index in [-0.39, 0.29) is 5.91 Å². The number of hydrogen-bond donors (Lipinski definition) is 3. The molecule has 18 heavy (non-hydrogen) atoms. The predicted molar refractivity (Wildman–Crippen MR) is 69.2 cm³/mol. The molecule has 0 aliphatic carbocycles. The summed E-state index contributed by atoms with van der Waals surface area (Å²) in [6, 6.07) is 5.46. The van der Waals surface area contributed by atoms with Gasteiger partial charge < -0.3 is 20.7 Å². The zero-order chi connectivity index (χ0) is 12.7. The molecule has 1 aromatic carbocycles. The number of anilines is 1. The minimum atomic E-state index is -0.399. The molecule has 0 saturated carbocycles. The minimum absolute atomic E-state index is 0.0524. The minimum Gasteiger partial charge on any atom is -0.399 e. The number of nitrogens with two attached hydrogens (primary N) is 1. The first-order valence-electron chi connectivity index (χ1n) is 5.99. The molecule has 1 saturated heterocycles. The second kappa shape index (κ2) is 4.03. The number of aliphatic hydroxyl groups is 1. The second-order valence-electron chi connectivity index (χ2n) is 4.70. The Morgan fingerprint density at radius 2 is 2.33 bits per heavy atom. The molecule has 3 rings (SSSR count). The Hall–Kier alpha value is -2.01. The average molecular weight is 245 g/mol. The van der Waals surface area contributed by atoms with Crippen LogP contribution in [-0.2, 0) is 0 Å². The van der Waals surface area contributed by atoms with Crippen molar-refractivity contribution >= 4 is 22.5 Å². The highest BCUT2D eigenvalue weighted by atomic mass is 16.3. The number of benzene rings is 1. The summed E-state index contributed by atoms with van der Waals surface area (Å²) in [5, 5.41) is 10.3. The maximum absolute atomic E-state index is 12.3. The largest absolute Gasteiger partial charge is 0.399 e. The quantitative estimate of drug-likeness (QED) is 0.654. The Bertz CT molecular complexity index is 605. The molecule has 0 radical (unpaired) electrons. The van der Waals surface area contributed by atoms with Gasteiger partial charge in [-0.05, 0) is 24.6 Å². The Balaban J connectivity index is 1.99. The van der Waals surface area contributed by atoms with E-state index < -0.39 is 6.10 Å². The Kier molecular flexibility index (Phi) is 2.48. The van der Waals surface area contributed by atoms with Crippen molar-refractivity contribution in [2.75, 3.05) is 18.8 Å². The number of H-pyrrole nitrogens is 1. The summed E-state index contributed by atoms with van der Waals surface area (Å²) in [4.78, 5) is 17.1.